The van der Waals surface area contributed by atoms with E-state index in [1.54, 1.807) is 16.5 Å². The second-order valence-corrected chi connectivity index (χ2v) is 8.54. The second-order valence-electron chi connectivity index (χ2n) is 7.53. The Morgan fingerprint density at radius 1 is 1.24 bits per heavy atom. The Balaban J connectivity index is 1.80. The number of benzene rings is 1. The average molecular weight is 420 g/mol. The largest absolute Gasteiger partial charge is 0.493 e. The van der Waals surface area contributed by atoms with Gasteiger partial charge in [-0.1, -0.05) is 11.3 Å². The number of ether oxygens (including phenoxy) is 2. The number of aromatic hydroxyl groups is 1. The fraction of sp³-hybridized carbons (Fsp3) is 0.500. The van der Waals surface area contributed by atoms with Crippen LogP contribution in [0.1, 0.15) is 29.2 Å². The molecule has 9 heteroatoms. The lowest BCUT2D eigenvalue weighted by atomic mass is 10.0. The molecule has 0 unspecified atom stereocenters. The van der Waals surface area contributed by atoms with E-state index in [0.29, 0.717) is 18.2 Å². The number of aryl methyl sites for hydroxylation is 1. The highest BCUT2D eigenvalue weighted by atomic mass is 32.1. The molecule has 0 spiro atoms. The molecule has 156 valence electrons. The number of hydrogen-bond donors (Lipinski definition) is 3. The van der Waals surface area contributed by atoms with Crippen molar-refractivity contribution in [3.8, 4) is 17.4 Å². The molecule has 0 radical (unpaired) electrons. The van der Waals surface area contributed by atoms with Crippen molar-refractivity contribution >= 4 is 16.3 Å². The summed E-state index contributed by atoms with van der Waals surface area (Å²) in [5.41, 5.74) is 1.09. The zero-order valence-corrected chi connectivity index (χ0v) is 18.2. The summed E-state index contributed by atoms with van der Waals surface area (Å²) in [6.45, 7) is 8.63. The number of hydrogen-bond acceptors (Lipinski definition) is 6. The Kier molecular flexibility index (Phi) is 5.62. The quantitative estimate of drug-likeness (QED) is 0.512. The van der Waals surface area contributed by atoms with Gasteiger partial charge in [0.1, 0.15) is 36.9 Å². The van der Waals surface area contributed by atoms with Crippen molar-refractivity contribution < 1.29 is 24.4 Å². The minimum atomic E-state index is -0.0125. The topological polar surface area (TPSA) is 77.8 Å². The van der Waals surface area contributed by atoms with Gasteiger partial charge in [-0.25, -0.2) is 4.98 Å². The van der Waals surface area contributed by atoms with E-state index in [9.17, 15) is 5.11 Å². The van der Waals surface area contributed by atoms with Crippen molar-refractivity contribution in [3.05, 3.63) is 34.5 Å². The Labute approximate surface area is 174 Å². The lowest BCUT2D eigenvalue weighted by molar-refractivity contribution is -1.02. The number of rotatable bonds is 6. The summed E-state index contributed by atoms with van der Waals surface area (Å²) in [5, 5.41) is 15.3. The number of methoxy groups -OCH3 is 1. The molecule has 3 aromatic rings. The Morgan fingerprint density at radius 2 is 2.00 bits per heavy atom. The zero-order chi connectivity index (χ0) is 20.5. The zero-order valence-electron chi connectivity index (χ0n) is 17.4. The van der Waals surface area contributed by atoms with Crippen LogP contribution in [0.15, 0.2) is 18.2 Å². The molecule has 1 saturated heterocycles. The van der Waals surface area contributed by atoms with Crippen molar-refractivity contribution in [2.24, 2.45) is 0 Å². The van der Waals surface area contributed by atoms with Gasteiger partial charge >= 0.3 is 0 Å². The van der Waals surface area contributed by atoms with Crippen LogP contribution in [0.3, 0.4) is 0 Å². The summed E-state index contributed by atoms with van der Waals surface area (Å²) in [6.07, 6.45) is 0. The molecule has 3 N–H and O–H groups in total. The molecule has 1 aromatic carbocycles. The SMILES string of the molecule is CCOc1ccc([C@@H](c2sc3nc(C)nn3c2O)[NH+]2CC[NH+](C)CC2)cc1OC. The van der Waals surface area contributed by atoms with E-state index in [0.717, 1.165) is 47.3 Å². The maximum atomic E-state index is 11.0. The number of aromatic nitrogens is 3. The molecular formula is C20H29N5O3S+2. The van der Waals surface area contributed by atoms with Crippen LogP contribution >= 0.6 is 11.3 Å². The number of thiazole rings is 1. The summed E-state index contributed by atoms with van der Waals surface area (Å²) >= 11 is 1.51. The lowest BCUT2D eigenvalue weighted by Crippen LogP contribution is -3.27. The highest BCUT2D eigenvalue weighted by Gasteiger charge is 2.36. The third kappa shape index (κ3) is 3.77. The van der Waals surface area contributed by atoms with Crippen molar-refractivity contribution in [3.63, 3.8) is 0 Å². The van der Waals surface area contributed by atoms with Gasteiger partial charge in [0.25, 0.3) is 0 Å². The highest BCUT2D eigenvalue weighted by molar-refractivity contribution is 7.17. The van der Waals surface area contributed by atoms with E-state index in [1.165, 1.54) is 16.2 Å². The van der Waals surface area contributed by atoms with Gasteiger partial charge < -0.3 is 24.4 Å². The summed E-state index contributed by atoms with van der Waals surface area (Å²) < 4.78 is 12.8. The van der Waals surface area contributed by atoms with Gasteiger partial charge in [-0.05, 0) is 32.0 Å². The van der Waals surface area contributed by atoms with Crippen LogP contribution in [-0.4, -0.2) is 66.6 Å². The van der Waals surface area contributed by atoms with Gasteiger partial charge in [-0.15, -0.1) is 5.10 Å². The van der Waals surface area contributed by atoms with E-state index >= 15 is 0 Å². The lowest BCUT2D eigenvalue weighted by Gasteiger charge is -2.33. The van der Waals surface area contributed by atoms with E-state index in [1.807, 2.05) is 26.0 Å². The number of quaternary nitrogens is 2. The maximum Gasteiger partial charge on any atom is 0.235 e. The summed E-state index contributed by atoms with van der Waals surface area (Å²) in [5.74, 6) is 2.29. The van der Waals surface area contributed by atoms with Crippen LogP contribution in [0.5, 0.6) is 17.4 Å². The summed E-state index contributed by atoms with van der Waals surface area (Å²) in [7, 11) is 3.89. The predicted octanol–water partition coefficient (Wildman–Crippen LogP) is -0.285. The van der Waals surface area contributed by atoms with Crippen LogP contribution in [-0.2, 0) is 0 Å². The number of piperazine rings is 1. The van der Waals surface area contributed by atoms with Crippen LogP contribution in [0.25, 0.3) is 4.96 Å². The number of nitrogens with one attached hydrogen (secondary N) is 2. The maximum absolute atomic E-state index is 11.0. The Hall–Kier alpha value is -2.36. The standard InChI is InChI=1S/C20H27N5O3S/c1-5-28-15-7-6-14(12-16(15)27-4)17(24-10-8-23(3)9-11-24)18-19(26)25-20(29-18)21-13(2)22-25/h6-7,12,17,26H,5,8-11H2,1-4H3/p+2/t17-/m0/s1. The minimum absolute atomic E-state index is 0.0125. The van der Waals surface area contributed by atoms with Crippen molar-refractivity contribution in [2.75, 3.05) is 46.9 Å². The smallest absolute Gasteiger partial charge is 0.235 e. The van der Waals surface area contributed by atoms with Crippen molar-refractivity contribution in [1.82, 2.24) is 14.6 Å². The van der Waals surface area contributed by atoms with E-state index in [-0.39, 0.29) is 11.9 Å². The molecule has 1 aliphatic heterocycles. The fourth-order valence-electron chi connectivity index (χ4n) is 4.03. The van der Waals surface area contributed by atoms with Crippen LogP contribution in [0, 0.1) is 6.92 Å². The molecule has 1 fully saturated rings. The molecule has 29 heavy (non-hydrogen) atoms. The monoisotopic (exact) mass is 419 g/mol. The average Bonchev–Trinajstić information content (AvgIpc) is 3.22. The molecule has 0 aliphatic carbocycles. The predicted molar refractivity (Wildman–Crippen MR) is 111 cm³/mol. The normalized spacial score (nSPS) is 20.7. The van der Waals surface area contributed by atoms with Gasteiger partial charge in [-0.2, -0.15) is 4.52 Å². The van der Waals surface area contributed by atoms with Crippen LogP contribution in [0.4, 0.5) is 0 Å². The van der Waals surface area contributed by atoms with Gasteiger partial charge in [-0.3, -0.25) is 0 Å². The van der Waals surface area contributed by atoms with E-state index in [4.69, 9.17) is 9.47 Å². The Morgan fingerprint density at radius 3 is 2.66 bits per heavy atom. The molecule has 0 saturated carbocycles. The first-order valence-corrected chi connectivity index (χ1v) is 10.8. The molecule has 1 atom stereocenters. The van der Waals surface area contributed by atoms with Crippen LogP contribution < -0.4 is 19.3 Å². The molecule has 2 aromatic heterocycles. The second kappa shape index (κ2) is 8.17. The van der Waals surface area contributed by atoms with Gasteiger partial charge in [0, 0.05) is 5.56 Å². The first-order valence-electron chi connectivity index (χ1n) is 10.0. The molecular weight excluding hydrogens is 390 g/mol. The summed E-state index contributed by atoms with van der Waals surface area (Å²) in [4.78, 5) is 9.03. The van der Waals surface area contributed by atoms with Crippen LogP contribution in [0.2, 0.25) is 0 Å². The first-order chi connectivity index (χ1) is 14.0. The first kappa shape index (κ1) is 19.9. The highest BCUT2D eigenvalue weighted by Crippen LogP contribution is 2.37. The fourth-order valence-corrected chi connectivity index (χ4v) is 5.22. The van der Waals surface area contributed by atoms with E-state index < -0.39 is 0 Å². The molecule has 0 amide bonds. The third-order valence-corrected chi connectivity index (χ3v) is 6.63. The third-order valence-electron chi connectivity index (χ3n) is 5.54. The van der Waals surface area contributed by atoms with Gasteiger partial charge in [0.05, 0.1) is 20.8 Å². The summed E-state index contributed by atoms with van der Waals surface area (Å²) in [6, 6.07) is 6.07. The number of likely N-dealkylation sites (N-methyl/N-ethyl adjacent to an activating group) is 1. The van der Waals surface area contributed by atoms with Crippen molar-refractivity contribution in [2.45, 2.75) is 19.9 Å². The van der Waals surface area contributed by atoms with Crippen molar-refractivity contribution in [1.29, 1.82) is 0 Å². The van der Waals surface area contributed by atoms with Gasteiger partial charge in [0.2, 0.25) is 10.8 Å². The molecule has 0 bridgehead atoms. The minimum Gasteiger partial charge on any atom is -0.493 e. The van der Waals surface area contributed by atoms with E-state index in [2.05, 4.69) is 23.2 Å². The molecule has 4 rings (SSSR count). The molecule has 1 aliphatic rings. The molecule has 3 heterocycles. The van der Waals surface area contributed by atoms with Gasteiger partial charge in [0.15, 0.2) is 17.5 Å². The molecule has 8 nitrogen and oxygen atoms in total. The number of nitrogens with zero attached hydrogens (tertiary/aromatic N) is 3. The number of fused-ring (bicyclic) bond motifs is 1. The Bertz CT molecular complexity index is 994.